The number of amides is 1. The Morgan fingerprint density at radius 3 is 2.53 bits per heavy atom. The summed E-state index contributed by atoms with van der Waals surface area (Å²) in [5.41, 5.74) is -0.0164. The lowest BCUT2D eigenvalue weighted by Crippen LogP contribution is -2.46. The predicted octanol–water partition coefficient (Wildman–Crippen LogP) is 0.592. The first-order valence-electron chi connectivity index (χ1n) is 6.42. The number of hydrogen-bond donors (Lipinski definition) is 3. The summed E-state index contributed by atoms with van der Waals surface area (Å²) in [5.74, 6) is 0.0475. The molecule has 1 amide bonds. The highest BCUT2D eigenvalue weighted by Gasteiger charge is 2.29. The van der Waals surface area contributed by atoms with Crippen LogP contribution in [-0.4, -0.2) is 41.5 Å². The lowest BCUT2D eigenvalue weighted by Gasteiger charge is -2.32. The fraction of sp³-hybridized carbons (Fsp3) is 0.500. The molecule has 104 valence electrons. The molecule has 1 aliphatic rings. The van der Waals surface area contributed by atoms with Gasteiger partial charge < -0.3 is 20.3 Å². The second-order valence-electron chi connectivity index (χ2n) is 4.96. The number of benzene rings is 1. The van der Waals surface area contributed by atoms with Crippen molar-refractivity contribution in [3.05, 3.63) is 29.8 Å². The lowest BCUT2D eigenvalue weighted by atomic mass is 9.94. The van der Waals surface area contributed by atoms with Crippen molar-refractivity contribution in [1.82, 2.24) is 5.32 Å². The summed E-state index contributed by atoms with van der Waals surface area (Å²) in [7, 11) is 0. The minimum atomic E-state index is -0.844. The van der Waals surface area contributed by atoms with Crippen LogP contribution in [0.25, 0.3) is 0 Å². The van der Waals surface area contributed by atoms with Gasteiger partial charge in [0.15, 0.2) is 0 Å². The van der Waals surface area contributed by atoms with E-state index in [9.17, 15) is 9.90 Å². The third-order valence-corrected chi connectivity index (χ3v) is 3.34. The zero-order valence-corrected chi connectivity index (χ0v) is 10.8. The first-order chi connectivity index (χ1) is 9.07. The van der Waals surface area contributed by atoms with Gasteiger partial charge in [-0.3, -0.25) is 4.79 Å². The summed E-state index contributed by atoms with van der Waals surface area (Å²) >= 11 is 0. The number of carbonyl (C=O) groups excluding carboxylic acids is 1. The van der Waals surface area contributed by atoms with Crippen LogP contribution in [0.4, 0.5) is 0 Å². The number of ether oxygens (including phenoxy) is 1. The molecule has 0 saturated carbocycles. The van der Waals surface area contributed by atoms with E-state index in [0.717, 1.165) is 5.56 Å². The van der Waals surface area contributed by atoms with Crippen LogP contribution in [0.5, 0.6) is 5.75 Å². The highest BCUT2D eigenvalue weighted by atomic mass is 16.5. The maximum absolute atomic E-state index is 11.8. The zero-order valence-electron chi connectivity index (χ0n) is 10.8. The SMILES string of the molecule is O=C(Cc1ccc(O)cc1)NCC1(O)CCOCC1. The lowest BCUT2D eigenvalue weighted by molar-refractivity contribution is -0.123. The fourth-order valence-electron chi connectivity index (χ4n) is 2.05. The van der Waals surface area contributed by atoms with Crippen LogP contribution in [0.2, 0.25) is 0 Å². The molecule has 3 N–H and O–H groups in total. The topological polar surface area (TPSA) is 78.8 Å². The molecule has 0 spiro atoms. The average Bonchev–Trinajstić information content (AvgIpc) is 2.40. The monoisotopic (exact) mass is 265 g/mol. The molecule has 1 fully saturated rings. The molecule has 0 atom stereocenters. The van der Waals surface area contributed by atoms with Gasteiger partial charge in [0.25, 0.3) is 0 Å². The van der Waals surface area contributed by atoms with E-state index in [1.54, 1.807) is 24.3 Å². The van der Waals surface area contributed by atoms with Gasteiger partial charge in [0.1, 0.15) is 5.75 Å². The molecule has 2 rings (SSSR count). The standard InChI is InChI=1S/C14H19NO4/c16-12-3-1-11(2-4-12)9-13(17)15-10-14(18)5-7-19-8-6-14/h1-4,16,18H,5-10H2,(H,15,17). The molecule has 1 heterocycles. The summed E-state index contributed by atoms with van der Waals surface area (Å²) in [6.45, 7) is 1.32. The second kappa shape index (κ2) is 6.04. The largest absolute Gasteiger partial charge is 0.508 e. The molecule has 5 heteroatoms. The van der Waals surface area contributed by atoms with Gasteiger partial charge in [-0.2, -0.15) is 0 Å². The summed E-state index contributed by atoms with van der Waals surface area (Å²) in [5, 5.41) is 22.1. The molecular weight excluding hydrogens is 246 g/mol. The van der Waals surface area contributed by atoms with Gasteiger partial charge in [-0.1, -0.05) is 12.1 Å². The van der Waals surface area contributed by atoms with E-state index in [1.807, 2.05) is 0 Å². The van der Waals surface area contributed by atoms with E-state index >= 15 is 0 Å². The number of hydrogen-bond acceptors (Lipinski definition) is 4. The smallest absolute Gasteiger partial charge is 0.224 e. The van der Waals surface area contributed by atoms with Crippen molar-refractivity contribution in [2.24, 2.45) is 0 Å². The molecule has 0 unspecified atom stereocenters. The first kappa shape index (κ1) is 13.8. The van der Waals surface area contributed by atoms with Crippen LogP contribution in [0.3, 0.4) is 0 Å². The van der Waals surface area contributed by atoms with Crippen LogP contribution in [-0.2, 0) is 16.0 Å². The second-order valence-corrected chi connectivity index (χ2v) is 4.96. The number of rotatable bonds is 4. The van der Waals surface area contributed by atoms with Crippen LogP contribution < -0.4 is 5.32 Å². The van der Waals surface area contributed by atoms with Crippen molar-refractivity contribution in [3.63, 3.8) is 0 Å². The first-order valence-corrected chi connectivity index (χ1v) is 6.42. The quantitative estimate of drug-likeness (QED) is 0.744. The minimum Gasteiger partial charge on any atom is -0.508 e. The Kier molecular flexibility index (Phi) is 4.39. The summed E-state index contributed by atoms with van der Waals surface area (Å²) in [6, 6.07) is 6.51. The van der Waals surface area contributed by atoms with Gasteiger partial charge in [-0.15, -0.1) is 0 Å². The van der Waals surface area contributed by atoms with Crippen LogP contribution in [0.1, 0.15) is 18.4 Å². The number of aromatic hydroxyl groups is 1. The van der Waals surface area contributed by atoms with Crippen molar-refractivity contribution in [3.8, 4) is 5.75 Å². The average molecular weight is 265 g/mol. The number of nitrogens with one attached hydrogen (secondary N) is 1. The third kappa shape index (κ3) is 4.22. The predicted molar refractivity (Wildman–Crippen MR) is 69.8 cm³/mol. The van der Waals surface area contributed by atoms with Crippen molar-refractivity contribution >= 4 is 5.91 Å². The van der Waals surface area contributed by atoms with Gasteiger partial charge in [0.2, 0.25) is 5.91 Å². The Bertz CT molecular complexity index is 424. The van der Waals surface area contributed by atoms with Crippen molar-refractivity contribution in [1.29, 1.82) is 0 Å². The zero-order chi connectivity index (χ0) is 13.7. The maximum Gasteiger partial charge on any atom is 0.224 e. The molecule has 1 aliphatic heterocycles. The molecular formula is C14H19NO4. The van der Waals surface area contributed by atoms with Crippen LogP contribution in [0, 0.1) is 0 Å². The Balaban J connectivity index is 1.79. The van der Waals surface area contributed by atoms with Gasteiger partial charge in [0.05, 0.1) is 12.0 Å². The number of carbonyl (C=O) groups is 1. The molecule has 5 nitrogen and oxygen atoms in total. The van der Waals surface area contributed by atoms with Crippen LogP contribution in [0.15, 0.2) is 24.3 Å². The van der Waals surface area contributed by atoms with Crippen molar-refractivity contribution in [2.75, 3.05) is 19.8 Å². The van der Waals surface area contributed by atoms with Crippen LogP contribution >= 0.6 is 0 Å². The van der Waals surface area contributed by atoms with E-state index in [0.29, 0.717) is 26.1 Å². The Morgan fingerprint density at radius 2 is 1.89 bits per heavy atom. The third-order valence-electron chi connectivity index (χ3n) is 3.34. The van der Waals surface area contributed by atoms with E-state index in [2.05, 4.69) is 5.32 Å². The molecule has 0 aliphatic carbocycles. The molecule has 0 radical (unpaired) electrons. The number of phenols is 1. The maximum atomic E-state index is 11.8. The molecule has 0 aromatic heterocycles. The summed E-state index contributed by atoms with van der Waals surface area (Å²) < 4.78 is 5.18. The van der Waals surface area contributed by atoms with E-state index in [4.69, 9.17) is 9.84 Å². The summed E-state index contributed by atoms with van der Waals surface area (Å²) in [6.07, 6.45) is 1.34. The summed E-state index contributed by atoms with van der Waals surface area (Å²) in [4.78, 5) is 11.8. The number of aliphatic hydroxyl groups is 1. The van der Waals surface area contributed by atoms with E-state index < -0.39 is 5.60 Å². The Labute approximate surface area is 112 Å². The van der Waals surface area contributed by atoms with E-state index in [-0.39, 0.29) is 24.6 Å². The molecule has 1 aromatic carbocycles. The van der Waals surface area contributed by atoms with E-state index in [1.165, 1.54) is 0 Å². The number of phenolic OH excluding ortho intramolecular Hbond substituents is 1. The molecule has 19 heavy (non-hydrogen) atoms. The Hall–Kier alpha value is -1.59. The normalized spacial score (nSPS) is 17.9. The molecule has 0 bridgehead atoms. The minimum absolute atomic E-state index is 0.134. The van der Waals surface area contributed by atoms with Gasteiger partial charge in [0, 0.05) is 32.6 Å². The van der Waals surface area contributed by atoms with Crippen molar-refractivity contribution in [2.45, 2.75) is 24.9 Å². The molecule has 1 saturated heterocycles. The highest BCUT2D eigenvalue weighted by molar-refractivity contribution is 5.78. The highest BCUT2D eigenvalue weighted by Crippen LogP contribution is 2.19. The Morgan fingerprint density at radius 1 is 1.26 bits per heavy atom. The molecule has 1 aromatic rings. The van der Waals surface area contributed by atoms with Gasteiger partial charge in [-0.05, 0) is 17.7 Å². The fourth-order valence-corrected chi connectivity index (χ4v) is 2.05. The van der Waals surface area contributed by atoms with Crippen molar-refractivity contribution < 1.29 is 19.7 Å². The van der Waals surface area contributed by atoms with Gasteiger partial charge >= 0.3 is 0 Å². The van der Waals surface area contributed by atoms with Gasteiger partial charge in [-0.25, -0.2) is 0 Å².